The second-order valence-electron chi connectivity index (χ2n) is 4.69. The highest BCUT2D eigenvalue weighted by Gasteiger charge is 2.28. The molecule has 1 aromatic rings. The van der Waals surface area contributed by atoms with Crippen molar-refractivity contribution >= 4 is 21.8 Å². The van der Waals surface area contributed by atoms with Gasteiger partial charge in [-0.25, -0.2) is 0 Å². The lowest BCUT2D eigenvalue weighted by atomic mass is 10.0. The van der Waals surface area contributed by atoms with Crippen LogP contribution in [0.5, 0.6) is 0 Å². The number of hydrogen-bond donors (Lipinski definition) is 0. The van der Waals surface area contributed by atoms with E-state index in [4.69, 9.17) is 0 Å². The Balaban J connectivity index is 2.08. The molecule has 5 heteroatoms. The number of hydrogen-bond acceptors (Lipinski definition) is 2. The largest absolute Gasteiger partial charge is 0.338 e. The Morgan fingerprint density at radius 1 is 1.59 bits per heavy atom. The molecule has 1 aliphatic heterocycles. The van der Waals surface area contributed by atoms with E-state index in [1.807, 2.05) is 18.0 Å². The summed E-state index contributed by atoms with van der Waals surface area (Å²) >= 11 is 3.35. The molecule has 0 bridgehead atoms. The molecule has 0 aromatic carbocycles. The van der Waals surface area contributed by atoms with E-state index in [0.717, 1.165) is 23.9 Å². The van der Waals surface area contributed by atoms with Gasteiger partial charge in [-0.05, 0) is 49.0 Å². The minimum Gasteiger partial charge on any atom is -0.338 e. The van der Waals surface area contributed by atoms with E-state index < -0.39 is 0 Å². The molecule has 0 saturated carbocycles. The number of amides is 1. The first-order valence-electron chi connectivity index (χ1n) is 6.09. The summed E-state index contributed by atoms with van der Waals surface area (Å²) in [4.78, 5) is 14.4. The van der Waals surface area contributed by atoms with Crippen LogP contribution < -0.4 is 0 Å². The lowest BCUT2D eigenvalue weighted by molar-refractivity contribution is -0.137. The highest BCUT2D eigenvalue weighted by molar-refractivity contribution is 9.10. The van der Waals surface area contributed by atoms with E-state index >= 15 is 0 Å². The molecule has 0 spiro atoms. The Morgan fingerprint density at radius 2 is 2.35 bits per heavy atom. The Kier molecular flexibility index (Phi) is 3.86. The molecule has 1 aliphatic rings. The lowest BCUT2D eigenvalue weighted by Gasteiger charge is -2.35. The average molecular weight is 300 g/mol. The molecule has 2 heterocycles. The molecule has 2 rings (SSSR count). The van der Waals surface area contributed by atoms with E-state index in [0.29, 0.717) is 6.04 Å². The van der Waals surface area contributed by atoms with Crippen molar-refractivity contribution in [1.82, 2.24) is 14.7 Å². The van der Waals surface area contributed by atoms with Gasteiger partial charge in [-0.1, -0.05) is 0 Å². The van der Waals surface area contributed by atoms with Gasteiger partial charge in [-0.2, -0.15) is 5.10 Å². The molecule has 4 nitrogen and oxygen atoms in total. The van der Waals surface area contributed by atoms with Crippen LogP contribution in [0, 0.1) is 0 Å². The van der Waals surface area contributed by atoms with Gasteiger partial charge >= 0.3 is 0 Å². The van der Waals surface area contributed by atoms with Crippen LogP contribution in [-0.2, 0) is 4.79 Å². The molecular formula is C12H18BrN3O. The third-order valence-electron chi connectivity index (χ3n) is 3.41. The van der Waals surface area contributed by atoms with Crippen LogP contribution in [-0.4, -0.2) is 33.2 Å². The van der Waals surface area contributed by atoms with Gasteiger partial charge in [-0.15, -0.1) is 0 Å². The zero-order valence-electron chi connectivity index (χ0n) is 10.3. The van der Waals surface area contributed by atoms with Gasteiger partial charge in [-0.3, -0.25) is 9.48 Å². The Bertz CT molecular complexity index is 404. The Labute approximate surface area is 110 Å². The van der Waals surface area contributed by atoms with E-state index in [1.165, 1.54) is 6.42 Å². The summed E-state index contributed by atoms with van der Waals surface area (Å²) in [6, 6.07) is 0.138. The van der Waals surface area contributed by atoms with Crippen molar-refractivity contribution in [3.8, 4) is 0 Å². The fourth-order valence-corrected chi connectivity index (χ4v) is 2.61. The van der Waals surface area contributed by atoms with Crippen LogP contribution in [0.15, 0.2) is 16.9 Å². The number of piperidine rings is 1. The van der Waals surface area contributed by atoms with Crippen molar-refractivity contribution in [2.75, 3.05) is 6.54 Å². The highest BCUT2D eigenvalue weighted by atomic mass is 79.9. The van der Waals surface area contributed by atoms with Gasteiger partial charge in [0.2, 0.25) is 5.91 Å². The van der Waals surface area contributed by atoms with Gasteiger partial charge in [0.25, 0.3) is 0 Å². The number of halogens is 1. The number of rotatable bonds is 2. The maximum absolute atomic E-state index is 12.4. The minimum absolute atomic E-state index is 0.174. The van der Waals surface area contributed by atoms with Crippen molar-refractivity contribution in [2.45, 2.75) is 45.2 Å². The highest BCUT2D eigenvalue weighted by Crippen LogP contribution is 2.21. The zero-order chi connectivity index (χ0) is 12.4. The predicted molar refractivity (Wildman–Crippen MR) is 69.7 cm³/mol. The van der Waals surface area contributed by atoms with Gasteiger partial charge in [0.15, 0.2) is 0 Å². The monoisotopic (exact) mass is 299 g/mol. The third kappa shape index (κ3) is 2.70. The molecule has 94 valence electrons. The SMILES string of the molecule is C[C@@H]1CCCCN1C(=O)[C@@H](C)n1cc(Br)cn1. The van der Waals surface area contributed by atoms with Crippen molar-refractivity contribution in [2.24, 2.45) is 0 Å². The van der Waals surface area contributed by atoms with Crippen LogP contribution in [0.1, 0.15) is 39.2 Å². The van der Waals surface area contributed by atoms with Gasteiger partial charge in [0.05, 0.1) is 10.7 Å². The van der Waals surface area contributed by atoms with Crippen LogP contribution >= 0.6 is 15.9 Å². The zero-order valence-corrected chi connectivity index (χ0v) is 11.9. The molecule has 0 radical (unpaired) electrons. The number of carbonyl (C=O) groups is 1. The van der Waals surface area contributed by atoms with E-state index in [9.17, 15) is 4.79 Å². The van der Waals surface area contributed by atoms with Crippen LogP contribution in [0.3, 0.4) is 0 Å². The molecule has 1 amide bonds. The predicted octanol–water partition coefficient (Wildman–Crippen LogP) is 2.61. The van der Waals surface area contributed by atoms with E-state index in [1.54, 1.807) is 10.9 Å². The van der Waals surface area contributed by atoms with Crippen molar-refractivity contribution in [3.05, 3.63) is 16.9 Å². The fraction of sp³-hybridized carbons (Fsp3) is 0.667. The lowest BCUT2D eigenvalue weighted by Crippen LogP contribution is -2.45. The van der Waals surface area contributed by atoms with Gasteiger partial charge in [0.1, 0.15) is 6.04 Å². The first-order valence-corrected chi connectivity index (χ1v) is 6.89. The number of aromatic nitrogens is 2. The summed E-state index contributed by atoms with van der Waals surface area (Å²) in [5, 5.41) is 4.18. The molecule has 0 aliphatic carbocycles. The Hall–Kier alpha value is -0.840. The summed E-state index contributed by atoms with van der Waals surface area (Å²) in [7, 11) is 0. The van der Waals surface area contributed by atoms with Gasteiger partial charge in [0, 0.05) is 18.8 Å². The smallest absolute Gasteiger partial charge is 0.247 e. The topological polar surface area (TPSA) is 38.1 Å². The first-order chi connectivity index (χ1) is 8.09. The summed E-state index contributed by atoms with van der Waals surface area (Å²) in [5.74, 6) is 0.174. The summed E-state index contributed by atoms with van der Waals surface area (Å²) in [5.41, 5.74) is 0. The third-order valence-corrected chi connectivity index (χ3v) is 3.82. The maximum Gasteiger partial charge on any atom is 0.247 e. The normalized spacial score (nSPS) is 22.5. The fourth-order valence-electron chi connectivity index (χ4n) is 2.31. The quantitative estimate of drug-likeness (QED) is 0.842. The first kappa shape index (κ1) is 12.6. The van der Waals surface area contributed by atoms with Crippen LogP contribution in [0.2, 0.25) is 0 Å². The van der Waals surface area contributed by atoms with Crippen molar-refractivity contribution < 1.29 is 4.79 Å². The molecule has 17 heavy (non-hydrogen) atoms. The summed E-state index contributed by atoms with van der Waals surface area (Å²) in [6.07, 6.45) is 7.01. The van der Waals surface area contributed by atoms with Gasteiger partial charge < -0.3 is 4.90 Å². The van der Waals surface area contributed by atoms with Crippen molar-refractivity contribution in [3.63, 3.8) is 0 Å². The average Bonchev–Trinajstić information content (AvgIpc) is 2.75. The number of nitrogens with zero attached hydrogens (tertiary/aromatic N) is 3. The minimum atomic E-state index is -0.221. The molecular weight excluding hydrogens is 282 g/mol. The summed E-state index contributed by atoms with van der Waals surface area (Å²) < 4.78 is 2.62. The molecule has 0 unspecified atom stereocenters. The van der Waals surface area contributed by atoms with E-state index in [2.05, 4.69) is 28.0 Å². The molecule has 1 aromatic heterocycles. The standard InChI is InChI=1S/C12H18BrN3O/c1-9-5-3-4-6-15(9)12(17)10(2)16-8-11(13)7-14-16/h7-10H,3-6H2,1-2H3/t9-,10-/m1/s1. The van der Waals surface area contributed by atoms with Crippen LogP contribution in [0.4, 0.5) is 0 Å². The number of likely N-dealkylation sites (tertiary alicyclic amines) is 1. The van der Waals surface area contributed by atoms with Crippen molar-refractivity contribution in [1.29, 1.82) is 0 Å². The molecule has 2 atom stereocenters. The molecule has 0 N–H and O–H groups in total. The molecule has 1 fully saturated rings. The van der Waals surface area contributed by atoms with E-state index in [-0.39, 0.29) is 11.9 Å². The summed E-state index contributed by atoms with van der Waals surface area (Å²) in [6.45, 7) is 4.92. The van der Waals surface area contributed by atoms with Crippen LogP contribution in [0.25, 0.3) is 0 Å². The Morgan fingerprint density at radius 3 is 2.94 bits per heavy atom. The maximum atomic E-state index is 12.4. The number of carbonyl (C=O) groups excluding carboxylic acids is 1. The molecule has 1 saturated heterocycles. The second kappa shape index (κ2) is 5.21. The second-order valence-corrected chi connectivity index (χ2v) is 5.61.